The molecule has 2 aliphatic rings. The fraction of sp³-hybridized carbons (Fsp3) is 0.385. The number of thiazole rings is 1. The lowest BCUT2D eigenvalue weighted by atomic mass is 9.90. The number of nitrogens with one attached hydrogen (secondary N) is 1. The predicted molar refractivity (Wildman–Crippen MR) is 135 cm³/mol. The smallest absolute Gasteiger partial charge is 0.133 e. The average molecular weight is 473 g/mol. The van der Waals surface area contributed by atoms with E-state index in [1.165, 1.54) is 24.1 Å². The normalized spacial score (nSPS) is 17.4. The van der Waals surface area contributed by atoms with Crippen LogP contribution in [-0.2, 0) is 11.3 Å². The minimum Gasteiger partial charge on any atom is -0.381 e. The molecule has 8 heteroatoms. The highest BCUT2D eigenvalue weighted by atomic mass is 32.1. The lowest BCUT2D eigenvalue weighted by Gasteiger charge is -2.26. The number of ether oxygens (including phenoxy) is 1. The van der Waals surface area contributed by atoms with Gasteiger partial charge in [-0.05, 0) is 68.5 Å². The van der Waals surface area contributed by atoms with E-state index in [4.69, 9.17) is 14.7 Å². The van der Waals surface area contributed by atoms with Gasteiger partial charge in [0.2, 0.25) is 0 Å². The predicted octanol–water partition coefficient (Wildman–Crippen LogP) is 5.38. The number of pyridine rings is 3. The van der Waals surface area contributed by atoms with Crippen molar-refractivity contribution >= 4 is 33.2 Å². The number of nitrogens with zero attached hydrogens (tertiary/aromatic N) is 5. The van der Waals surface area contributed by atoms with Gasteiger partial charge in [0.15, 0.2) is 0 Å². The molecule has 0 spiro atoms. The molecule has 7 nitrogen and oxygen atoms in total. The topological polar surface area (TPSA) is 76.1 Å². The number of likely N-dealkylation sites (tertiary alicyclic amines) is 1. The van der Waals surface area contributed by atoms with Gasteiger partial charge in [0.1, 0.15) is 16.6 Å². The maximum Gasteiger partial charge on any atom is 0.133 e. The largest absolute Gasteiger partial charge is 0.381 e. The Morgan fingerprint density at radius 3 is 2.74 bits per heavy atom. The van der Waals surface area contributed by atoms with Crippen molar-refractivity contribution in [2.45, 2.75) is 38.1 Å². The van der Waals surface area contributed by atoms with Crippen LogP contribution in [0.4, 0.5) is 11.6 Å². The molecule has 6 heterocycles. The molecule has 1 N–H and O–H groups in total. The van der Waals surface area contributed by atoms with Gasteiger partial charge < -0.3 is 10.1 Å². The van der Waals surface area contributed by atoms with Crippen LogP contribution in [0.15, 0.2) is 48.9 Å². The Balaban J connectivity index is 1.27. The molecule has 34 heavy (non-hydrogen) atoms. The molecule has 0 aromatic carbocycles. The Bertz CT molecular complexity index is 1270. The summed E-state index contributed by atoms with van der Waals surface area (Å²) in [5.74, 6) is 2.12. The van der Waals surface area contributed by atoms with Crippen molar-refractivity contribution in [1.29, 1.82) is 0 Å². The van der Waals surface area contributed by atoms with Crippen LogP contribution < -0.4 is 5.32 Å². The Morgan fingerprint density at radius 1 is 1.03 bits per heavy atom. The van der Waals surface area contributed by atoms with Gasteiger partial charge in [-0.3, -0.25) is 9.88 Å². The second kappa shape index (κ2) is 9.74. The highest BCUT2D eigenvalue weighted by Crippen LogP contribution is 2.33. The molecule has 0 saturated carbocycles. The molecule has 6 rings (SSSR count). The number of anilines is 2. The van der Waals surface area contributed by atoms with Crippen molar-refractivity contribution in [3.05, 3.63) is 60.2 Å². The van der Waals surface area contributed by atoms with Crippen molar-refractivity contribution in [1.82, 2.24) is 24.8 Å². The first-order valence-corrected chi connectivity index (χ1v) is 12.9. The van der Waals surface area contributed by atoms with Crippen LogP contribution in [0.3, 0.4) is 0 Å². The average Bonchev–Trinajstić information content (AvgIpc) is 3.55. The maximum atomic E-state index is 5.60. The summed E-state index contributed by atoms with van der Waals surface area (Å²) in [5, 5.41) is 4.38. The SMILES string of the molecule is c1cncc(-c2nc3cc(Nc4ccc(C5CCOCC5)c(CN5CCCC5)n4)ncc3s2)c1. The first kappa shape index (κ1) is 21.6. The molecule has 0 atom stereocenters. The molecule has 2 fully saturated rings. The third kappa shape index (κ3) is 4.66. The van der Waals surface area contributed by atoms with Crippen LogP contribution in [0.5, 0.6) is 0 Å². The van der Waals surface area contributed by atoms with Gasteiger partial charge in [-0.15, -0.1) is 11.3 Å². The summed E-state index contributed by atoms with van der Waals surface area (Å²) < 4.78 is 6.66. The number of fused-ring (bicyclic) bond motifs is 1. The number of hydrogen-bond donors (Lipinski definition) is 1. The molecule has 0 unspecified atom stereocenters. The Morgan fingerprint density at radius 2 is 1.91 bits per heavy atom. The van der Waals surface area contributed by atoms with Gasteiger partial charge in [0.05, 0.1) is 15.9 Å². The molecule has 4 aromatic rings. The lowest BCUT2D eigenvalue weighted by molar-refractivity contribution is 0.0849. The number of rotatable bonds is 6. The van der Waals surface area contributed by atoms with E-state index in [1.807, 2.05) is 30.6 Å². The third-order valence-electron chi connectivity index (χ3n) is 6.68. The Kier molecular flexibility index (Phi) is 6.18. The summed E-state index contributed by atoms with van der Waals surface area (Å²) in [6.45, 7) is 4.91. The van der Waals surface area contributed by atoms with Gasteiger partial charge in [-0.25, -0.2) is 15.0 Å². The highest BCUT2D eigenvalue weighted by Gasteiger charge is 2.22. The fourth-order valence-electron chi connectivity index (χ4n) is 4.89. The second-order valence-electron chi connectivity index (χ2n) is 9.03. The van der Waals surface area contributed by atoms with Crippen LogP contribution >= 0.6 is 11.3 Å². The van der Waals surface area contributed by atoms with Crippen molar-refractivity contribution in [3.63, 3.8) is 0 Å². The molecule has 2 saturated heterocycles. The molecule has 0 bridgehead atoms. The van der Waals surface area contributed by atoms with Crippen molar-refractivity contribution in [2.24, 2.45) is 0 Å². The monoisotopic (exact) mass is 472 g/mol. The molecule has 0 amide bonds. The summed E-state index contributed by atoms with van der Waals surface area (Å²) in [6.07, 6.45) is 10.2. The molecular weight excluding hydrogens is 444 g/mol. The van der Waals surface area contributed by atoms with Crippen LogP contribution in [0, 0.1) is 0 Å². The van der Waals surface area contributed by atoms with E-state index in [9.17, 15) is 0 Å². The van der Waals surface area contributed by atoms with Gasteiger partial charge >= 0.3 is 0 Å². The van der Waals surface area contributed by atoms with E-state index >= 15 is 0 Å². The minimum absolute atomic E-state index is 0.531. The van der Waals surface area contributed by atoms with Crippen LogP contribution in [-0.4, -0.2) is 51.1 Å². The van der Waals surface area contributed by atoms with E-state index in [1.54, 1.807) is 17.5 Å². The van der Waals surface area contributed by atoms with Gasteiger partial charge in [0, 0.05) is 50.0 Å². The number of aromatic nitrogens is 4. The van der Waals surface area contributed by atoms with Gasteiger partial charge in [-0.2, -0.15) is 0 Å². The van der Waals surface area contributed by atoms with E-state index < -0.39 is 0 Å². The molecule has 2 aliphatic heterocycles. The summed E-state index contributed by atoms with van der Waals surface area (Å²) in [5.41, 5.74) is 4.52. The highest BCUT2D eigenvalue weighted by molar-refractivity contribution is 7.21. The molecule has 4 aromatic heterocycles. The summed E-state index contributed by atoms with van der Waals surface area (Å²) >= 11 is 1.63. The molecular formula is C26H28N6OS. The van der Waals surface area contributed by atoms with Crippen LogP contribution in [0.1, 0.15) is 42.9 Å². The minimum atomic E-state index is 0.531. The standard InChI is InChI=1S/C26H28N6OS/c1-2-11-32(10-1)17-22-20(18-7-12-33-13-8-18)5-6-24(29-22)31-25-14-21-23(16-28-25)34-26(30-21)19-4-3-9-27-15-19/h3-6,9,14-16,18H,1-2,7-8,10-13,17H2,(H,28,29,31). The first-order chi connectivity index (χ1) is 16.8. The van der Waals surface area contributed by atoms with Crippen molar-refractivity contribution in [3.8, 4) is 10.6 Å². The third-order valence-corrected chi connectivity index (χ3v) is 7.74. The number of hydrogen-bond acceptors (Lipinski definition) is 8. The van der Waals surface area contributed by atoms with E-state index in [0.717, 1.165) is 78.1 Å². The van der Waals surface area contributed by atoms with Crippen molar-refractivity contribution < 1.29 is 4.74 Å². The summed E-state index contributed by atoms with van der Waals surface area (Å²) in [6, 6.07) is 10.3. The van der Waals surface area contributed by atoms with Crippen molar-refractivity contribution in [2.75, 3.05) is 31.6 Å². The quantitative estimate of drug-likeness (QED) is 0.404. The molecule has 174 valence electrons. The van der Waals surface area contributed by atoms with E-state index in [0.29, 0.717) is 5.92 Å². The Hall–Kier alpha value is -2.94. The Labute approximate surface area is 203 Å². The van der Waals surface area contributed by atoms with Gasteiger partial charge in [0.25, 0.3) is 0 Å². The fourth-order valence-corrected chi connectivity index (χ4v) is 5.79. The second-order valence-corrected chi connectivity index (χ2v) is 10.1. The summed E-state index contributed by atoms with van der Waals surface area (Å²) in [4.78, 5) is 21.2. The lowest BCUT2D eigenvalue weighted by Crippen LogP contribution is -2.22. The van der Waals surface area contributed by atoms with Crippen LogP contribution in [0.2, 0.25) is 0 Å². The molecule has 0 radical (unpaired) electrons. The van der Waals surface area contributed by atoms with E-state index in [2.05, 4.69) is 32.3 Å². The first-order valence-electron chi connectivity index (χ1n) is 12.1. The zero-order chi connectivity index (χ0) is 22.7. The van der Waals surface area contributed by atoms with Crippen LogP contribution in [0.25, 0.3) is 20.8 Å². The zero-order valence-electron chi connectivity index (χ0n) is 19.1. The van der Waals surface area contributed by atoms with E-state index in [-0.39, 0.29) is 0 Å². The van der Waals surface area contributed by atoms with Gasteiger partial charge in [-0.1, -0.05) is 6.07 Å². The molecule has 0 aliphatic carbocycles. The summed E-state index contributed by atoms with van der Waals surface area (Å²) in [7, 11) is 0. The maximum absolute atomic E-state index is 5.60. The zero-order valence-corrected chi connectivity index (χ0v) is 19.9.